The van der Waals surface area contributed by atoms with E-state index in [0.717, 1.165) is 18.4 Å². The predicted octanol–water partition coefficient (Wildman–Crippen LogP) is 3.28. The van der Waals surface area contributed by atoms with E-state index in [0.29, 0.717) is 12.1 Å². The van der Waals surface area contributed by atoms with Crippen molar-refractivity contribution in [2.24, 2.45) is 0 Å². The molecule has 1 aliphatic carbocycles. The maximum absolute atomic E-state index is 13.6. The van der Waals surface area contributed by atoms with Crippen LogP contribution in [0.25, 0.3) is 0 Å². The Balaban J connectivity index is 2.15. The summed E-state index contributed by atoms with van der Waals surface area (Å²) >= 11 is 0. The summed E-state index contributed by atoms with van der Waals surface area (Å²) in [5.74, 6) is -0.256. The lowest BCUT2D eigenvalue weighted by molar-refractivity contribution is -0.127. The number of carbonyl (C=O) groups excluding carboxylic acids is 1. The Hall–Kier alpha value is -1.64. The summed E-state index contributed by atoms with van der Waals surface area (Å²) < 4.78 is 13.6. The fourth-order valence-corrected chi connectivity index (χ4v) is 1.91. The molecule has 0 heterocycles. The maximum Gasteiger partial charge on any atom is 0.247 e. The topological polar surface area (TPSA) is 20.3 Å². The van der Waals surface area contributed by atoms with Crippen LogP contribution in [0, 0.1) is 5.82 Å². The molecule has 0 aliphatic heterocycles. The molecular weight excluding hydrogens is 229 g/mol. The van der Waals surface area contributed by atoms with Gasteiger partial charge in [0.05, 0.1) is 0 Å². The molecule has 1 aromatic carbocycles. The second kappa shape index (κ2) is 5.34. The third kappa shape index (κ3) is 3.19. The molecule has 96 valence electrons. The van der Waals surface area contributed by atoms with Crippen LogP contribution in [-0.2, 0) is 11.3 Å². The molecule has 1 fully saturated rings. The monoisotopic (exact) mass is 247 g/mol. The highest BCUT2D eigenvalue weighted by Crippen LogP contribution is 2.29. The lowest BCUT2D eigenvalue weighted by atomic mass is 10.2. The third-order valence-corrected chi connectivity index (χ3v) is 2.98. The largest absolute Gasteiger partial charge is 0.332 e. The van der Waals surface area contributed by atoms with Gasteiger partial charge in [0.15, 0.2) is 0 Å². The summed E-state index contributed by atoms with van der Waals surface area (Å²) in [6, 6.07) is 6.92. The van der Waals surface area contributed by atoms with Crippen LogP contribution in [0.1, 0.15) is 32.3 Å². The first kappa shape index (κ1) is 12.8. The van der Waals surface area contributed by atoms with Crippen LogP contribution in [0.4, 0.5) is 4.39 Å². The van der Waals surface area contributed by atoms with Crippen molar-refractivity contribution in [1.82, 2.24) is 4.90 Å². The predicted molar refractivity (Wildman–Crippen MR) is 69.4 cm³/mol. The van der Waals surface area contributed by atoms with E-state index < -0.39 is 0 Å². The van der Waals surface area contributed by atoms with Gasteiger partial charge in [-0.25, -0.2) is 4.39 Å². The zero-order chi connectivity index (χ0) is 13.1. The van der Waals surface area contributed by atoms with Gasteiger partial charge in [-0.3, -0.25) is 4.79 Å². The molecule has 1 aromatic rings. The molecule has 0 aromatic heterocycles. The van der Waals surface area contributed by atoms with E-state index in [1.54, 1.807) is 29.2 Å². The SMILES string of the molecule is CC(C)=CC(=O)N(Cc1ccccc1F)C1CC1. The van der Waals surface area contributed by atoms with Crippen LogP contribution in [0.3, 0.4) is 0 Å². The van der Waals surface area contributed by atoms with E-state index in [9.17, 15) is 9.18 Å². The van der Waals surface area contributed by atoms with Gasteiger partial charge >= 0.3 is 0 Å². The molecule has 0 spiro atoms. The molecule has 1 amide bonds. The molecular formula is C15H18FNO. The first-order valence-corrected chi connectivity index (χ1v) is 6.27. The van der Waals surface area contributed by atoms with E-state index in [4.69, 9.17) is 0 Å². The number of carbonyl (C=O) groups is 1. The van der Waals surface area contributed by atoms with Crippen molar-refractivity contribution in [3.8, 4) is 0 Å². The average Bonchev–Trinajstić information content (AvgIpc) is 3.11. The van der Waals surface area contributed by atoms with Gasteiger partial charge in [0.2, 0.25) is 5.91 Å². The minimum Gasteiger partial charge on any atom is -0.332 e. The molecule has 0 atom stereocenters. The molecule has 3 heteroatoms. The zero-order valence-corrected chi connectivity index (χ0v) is 10.8. The number of hydrogen-bond acceptors (Lipinski definition) is 1. The van der Waals surface area contributed by atoms with Crippen molar-refractivity contribution in [2.45, 2.75) is 39.3 Å². The molecule has 0 saturated heterocycles. The lowest BCUT2D eigenvalue weighted by Crippen LogP contribution is -2.31. The summed E-state index contributed by atoms with van der Waals surface area (Å²) in [6.45, 7) is 4.15. The fraction of sp³-hybridized carbons (Fsp3) is 0.400. The van der Waals surface area contributed by atoms with Gasteiger partial charge in [-0.2, -0.15) is 0 Å². The second-order valence-corrected chi connectivity index (χ2v) is 5.01. The van der Waals surface area contributed by atoms with E-state index in [-0.39, 0.29) is 17.8 Å². The summed E-state index contributed by atoms with van der Waals surface area (Å²) in [7, 11) is 0. The van der Waals surface area contributed by atoms with Crippen molar-refractivity contribution in [2.75, 3.05) is 0 Å². The highest BCUT2D eigenvalue weighted by Gasteiger charge is 2.32. The lowest BCUT2D eigenvalue weighted by Gasteiger charge is -2.21. The highest BCUT2D eigenvalue weighted by atomic mass is 19.1. The van der Waals surface area contributed by atoms with Gasteiger partial charge < -0.3 is 4.90 Å². The van der Waals surface area contributed by atoms with Gasteiger partial charge in [0, 0.05) is 24.2 Å². The Bertz CT molecular complexity index is 473. The summed E-state index contributed by atoms with van der Waals surface area (Å²) in [6.07, 6.45) is 3.67. The van der Waals surface area contributed by atoms with Crippen LogP contribution in [0.2, 0.25) is 0 Å². The Morgan fingerprint density at radius 2 is 2.06 bits per heavy atom. The molecule has 0 bridgehead atoms. The fourth-order valence-electron chi connectivity index (χ4n) is 1.91. The number of hydrogen-bond donors (Lipinski definition) is 0. The number of amides is 1. The zero-order valence-electron chi connectivity index (χ0n) is 10.8. The molecule has 18 heavy (non-hydrogen) atoms. The van der Waals surface area contributed by atoms with Gasteiger partial charge in [-0.05, 0) is 32.8 Å². The van der Waals surface area contributed by atoms with E-state index >= 15 is 0 Å². The first-order chi connectivity index (χ1) is 8.58. The minimum absolute atomic E-state index is 0.0132. The Labute approximate surface area is 107 Å². The van der Waals surface area contributed by atoms with E-state index in [1.165, 1.54) is 6.07 Å². The summed E-state index contributed by atoms with van der Waals surface area (Å²) in [5.41, 5.74) is 1.55. The quantitative estimate of drug-likeness (QED) is 0.748. The number of rotatable bonds is 4. The first-order valence-electron chi connectivity index (χ1n) is 6.27. The van der Waals surface area contributed by atoms with Gasteiger partial charge in [-0.15, -0.1) is 0 Å². The maximum atomic E-state index is 13.6. The molecule has 1 saturated carbocycles. The molecule has 1 aliphatic rings. The Kier molecular flexibility index (Phi) is 3.80. The molecule has 0 radical (unpaired) electrons. The van der Waals surface area contributed by atoms with Gasteiger partial charge in [0.1, 0.15) is 5.82 Å². The van der Waals surface area contributed by atoms with Crippen molar-refractivity contribution >= 4 is 5.91 Å². The van der Waals surface area contributed by atoms with Crippen molar-refractivity contribution in [3.05, 3.63) is 47.3 Å². The highest BCUT2D eigenvalue weighted by molar-refractivity contribution is 5.88. The van der Waals surface area contributed by atoms with Crippen LogP contribution >= 0.6 is 0 Å². The number of nitrogens with zero attached hydrogens (tertiary/aromatic N) is 1. The molecule has 2 nitrogen and oxygen atoms in total. The van der Waals surface area contributed by atoms with Gasteiger partial charge in [-0.1, -0.05) is 23.8 Å². The Morgan fingerprint density at radius 3 is 2.61 bits per heavy atom. The third-order valence-electron chi connectivity index (χ3n) is 2.98. The van der Waals surface area contributed by atoms with Crippen molar-refractivity contribution < 1.29 is 9.18 Å². The van der Waals surface area contributed by atoms with Crippen LogP contribution in [0.15, 0.2) is 35.9 Å². The minimum atomic E-state index is -0.242. The molecule has 0 N–H and O–H groups in total. The number of halogens is 1. The van der Waals surface area contributed by atoms with Crippen molar-refractivity contribution in [3.63, 3.8) is 0 Å². The normalized spacial score (nSPS) is 14.2. The number of allylic oxidation sites excluding steroid dienone is 1. The summed E-state index contributed by atoms with van der Waals surface area (Å²) in [4.78, 5) is 13.8. The Morgan fingerprint density at radius 1 is 1.39 bits per heavy atom. The van der Waals surface area contributed by atoms with Crippen molar-refractivity contribution in [1.29, 1.82) is 0 Å². The standard InChI is InChI=1S/C15H18FNO/c1-11(2)9-15(18)17(13-7-8-13)10-12-5-3-4-6-14(12)16/h3-6,9,13H,7-8,10H2,1-2H3. The van der Waals surface area contributed by atoms with Crippen LogP contribution < -0.4 is 0 Å². The summed E-state index contributed by atoms with van der Waals surface area (Å²) in [5, 5.41) is 0. The van der Waals surface area contributed by atoms with Crippen LogP contribution in [-0.4, -0.2) is 16.8 Å². The van der Waals surface area contributed by atoms with E-state index in [2.05, 4.69) is 0 Å². The molecule has 2 rings (SSSR count). The van der Waals surface area contributed by atoms with Gasteiger partial charge in [0.25, 0.3) is 0 Å². The van der Waals surface area contributed by atoms with E-state index in [1.807, 2.05) is 13.8 Å². The smallest absolute Gasteiger partial charge is 0.247 e. The van der Waals surface area contributed by atoms with Crippen LogP contribution in [0.5, 0.6) is 0 Å². The second-order valence-electron chi connectivity index (χ2n) is 5.01. The number of benzene rings is 1. The average molecular weight is 247 g/mol. The molecule has 0 unspecified atom stereocenters.